The van der Waals surface area contributed by atoms with Crippen molar-refractivity contribution in [3.8, 4) is 0 Å². The van der Waals surface area contributed by atoms with Gasteiger partial charge in [0.2, 0.25) is 5.91 Å². The van der Waals surface area contributed by atoms with Crippen LogP contribution in [0.4, 0.5) is 0 Å². The molecule has 0 aromatic carbocycles. The van der Waals surface area contributed by atoms with E-state index in [1.807, 2.05) is 39.8 Å². The van der Waals surface area contributed by atoms with E-state index in [0.717, 1.165) is 45.0 Å². The number of nitrogens with one attached hydrogen (secondary N) is 4. The Labute approximate surface area is 265 Å². The number of H-pyrrole nitrogens is 1. The van der Waals surface area contributed by atoms with Crippen LogP contribution in [0.25, 0.3) is 12.2 Å². The van der Waals surface area contributed by atoms with Gasteiger partial charge in [0.25, 0.3) is 5.91 Å². The number of carboxylic acid groups (broad SMARTS) is 2. The van der Waals surface area contributed by atoms with E-state index in [4.69, 9.17) is 4.74 Å². The van der Waals surface area contributed by atoms with Crippen LogP contribution in [0, 0.1) is 18.8 Å². The molecule has 3 fully saturated rings. The van der Waals surface area contributed by atoms with Crippen molar-refractivity contribution in [3.05, 3.63) is 68.9 Å². The Bertz CT molecular complexity index is 1660. The van der Waals surface area contributed by atoms with Crippen LogP contribution < -0.4 is 16.0 Å². The van der Waals surface area contributed by atoms with Gasteiger partial charge in [-0.15, -0.1) is 0 Å². The Kier molecular flexibility index (Phi) is 7.85. The number of carbonyl (C=O) groups is 4. The van der Waals surface area contributed by atoms with Crippen molar-refractivity contribution in [3.63, 3.8) is 0 Å². The molecule has 6 heterocycles. The van der Waals surface area contributed by atoms with Crippen LogP contribution in [0.3, 0.4) is 0 Å². The number of aromatic amines is 1. The number of ether oxygens (including phenoxy) is 1. The molecule has 1 aromatic rings. The van der Waals surface area contributed by atoms with Crippen molar-refractivity contribution in [2.75, 3.05) is 5.75 Å². The van der Waals surface area contributed by atoms with Crippen molar-refractivity contribution in [1.29, 1.82) is 0 Å². The second kappa shape index (κ2) is 11.4. The third kappa shape index (κ3) is 5.43. The minimum absolute atomic E-state index is 0.0136. The molecule has 0 saturated carbocycles. The molecule has 45 heavy (non-hydrogen) atoms. The number of hydrogen-bond donors (Lipinski definition) is 6. The lowest BCUT2D eigenvalue weighted by molar-refractivity contribution is -0.138. The van der Waals surface area contributed by atoms with Crippen molar-refractivity contribution in [2.45, 2.75) is 76.5 Å². The lowest BCUT2D eigenvalue weighted by Gasteiger charge is -2.14. The van der Waals surface area contributed by atoms with Gasteiger partial charge >= 0.3 is 11.9 Å². The lowest BCUT2D eigenvalue weighted by atomic mass is 9.91. The molecule has 0 bridgehead atoms. The number of carboxylic acids is 2. The number of carbonyl (C=O) groups excluding carboxylic acids is 2. The first-order valence-corrected chi connectivity index (χ1v) is 16.4. The molecule has 6 atom stereocenters. The Morgan fingerprint density at radius 2 is 1.78 bits per heavy atom. The van der Waals surface area contributed by atoms with Crippen LogP contribution >= 0.6 is 0 Å². The molecule has 1 aromatic heterocycles. The maximum Gasteiger partial charge on any atom is 0.303 e. The van der Waals surface area contributed by atoms with Crippen LogP contribution in [0.1, 0.15) is 62.5 Å². The van der Waals surface area contributed by atoms with Gasteiger partial charge in [0.1, 0.15) is 6.10 Å². The molecule has 2 amide bonds. The highest BCUT2D eigenvalue weighted by Gasteiger charge is 2.66. The first-order valence-electron chi connectivity index (χ1n) is 15.2. The molecule has 11 nitrogen and oxygen atoms in total. The van der Waals surface area contributed by atoms with Crippen LogP contribution in [-0.2, 0) is 42.1 Å². The van der Waals surface area contributed by atoms with E-state index in [2.05, 4.69) is 27.5 Å². The normalized spacial score (nSPS) is 32.0. The molecule has 238 valence electrons. The number of allylic oxidation sites excluding steroid dienone is 2. The Morgan fingerprint density at radius 3 is 2.40 bits per heavy atom. The predicted octanol–water partition coefficient (Wildman–Crippen LogP) is 2.48. The number of amides is 2. The van der Waals surface area contributed by atoms with E-state index < -0.39 is 23.8 Å². The zero-order valence-corrected chi connectivity index (χ0v) is 26.6. The highest BCUT2D eigenvalue weighted by molar-refractivity contribution is 7.86. The number of thiol groups is 1. The summed E-state index contributed by atoms with van der Waals surface area (Å²) >= 11 is 1.35. The zero-order valence-electron chi connectivity index (χ0n) is 25.7. The highest BCUT2D eigenvalue weighted by atomic mass is 32.2. The molecular formula is C33H39N4O7S+. The maximum absolute atomic E-state index is 12.6. The lowest BCUT2D eigenvalue weighted by Crippen LogP contribution is -2.41. The molecular weight excluding hydrogens is 596 g/mol. The van der Waals surface area contributed by atoms with E-state index in [1.165, 1.54) is 17.8 Å². The largest absolute Gasteiger partial charge is 0.481 e. The van der Waals surface area contributed by atoms with Gasteiger partial charge in [-0.05, 0) is 85.4 Å². The molecule has 0 radical (unpaired) electrons. The fourth-order valence-corrected chi connectivity index (χ4v) is 8.10. The molecule has 0 aliphatic carbocycles. The Hall–Kier alpha value is -4.03. The minimum atomic E-state index is -0.942. The first-order chi connectivity index (χ1) is 21.4. The summed E-state index contributed by atoms with van der Waals surface area (Å²) in [7, 11) is 0. The summed E-state index contributed by atoms with van der Waals surface area (Å²) < 4.78 is 6.15. The Balaban J connectivity index is 1.37. The van der Waals surface area contributed by atoms with Crippen LogP contribution in [0.15, 0.2) is 46.3 Å². The zero-order chi connectivity index (χ0) is 32.4. The van der Waals surface area contributed by atoms with Gasteiger partial charge in [0, 0.05) is 47.1 Å². The van der Waals surface area contributed by atoms with Crippen LogP contribution in [0.2, 0.25) is 0 Å². The monoisotopic (exact) mass is 635 g/mol. The predicted molar refractivity (Wildman–Crippen MR) is 171 cm³/mol. The summed E-state index contributed by atoms with van der Waals surface area (Å²) in [6.07, 6.45) is 5.45. The number of rotatable bonds is 11. The van der Waals surface area contributed by atoms with Crippen molar-refractivity contribution < 1.29 is 34.1 Å². The number of epoxide rings is 1. The standard InChI is InChI=1S/C33H38N4O7S/c1-6-18-17(5)33(37-32(18)43)30(44-33)29-15(3)20(8-10-27(40)41)23(35-29)12-22-19(7-9-26(38)39)14(2)21(34-22)11-24-28(25-13-45-25)16(4)31(42)36-24/h6,11-12,16,25,28-30,34-35H,1,7-10,13H2,2-5H3,(H,36,42)(H,37,43)(H,38,39)(H,40,41)/p+1/b23-12-,24-11-/t16-,25?,28-,29?,30-,33-/m1/s1. The second-order valence-corrected chi connectivity index (χ2v) is 13.9. The topological polar surface area (TPSA) is 173 Å². The van der Waals surface area contributed by atoms with Gasteiger partial charge < -0.3 is 35.9 Å². The average Bonchev–Trinajstić information content (AvgIpc) is 3.84. The Morgan fingerprint density at radius 1 is 1.09 bits per heavy atom. The van der Waals surface area contributed by atoms with E-state index in [9.17, 15) is 29.4 Å². The maximum atomic E-state index is 12.6. The first kappa shape index (κ1) is 31.0. The van der Waals surface area contributed by atoms with Crippen LogP contribution in [-0.4, -0.2) is 67.8 Å². The van der Waals surface area contributed by atoms with E-state index >= 15 is 0 Å². The minimum Gasteiger partial charge on any atom is -0.481 e. The van der Waals surface area contributed by atoms with Crippen molar-refractivity contribution >= 4 is 47.7 Å². The third-order valence-corrected chi connectivity index (χ3v) is 11.0. The number of hydrogen-bond acceptors (Lipinski definition) is 6. The van der Waals surface area contributed by atoms with Gasteiger partial charge in [0.05, 0.1) is 12.0 Å². The summed E-state index contributed by atoms with van der Waals surface area (Å²) in [6.45, 7) is 11.4. The van der Waals surface area contributed by atoms with E-state index in [-0.39, 0.29) is 49.0 Å². The van der Waals surface area contributed by atoms with Crippen molar-refractivity contribution in [1.82, 2.24) is 20.9 Å². The molecule has 2 unspecified atom stereocenters. The highest BCUT2D eigenvalue weighted by Crippen LogP contribution is 2.50. The van der Waals surface area contributed by atoms with Gasteiger partial charge in [0.15, 0.2) is 16.7 Å². The SMILES string of the molecule is C=CC1=C(C)[C@@]2(NC1=O)O[C@@H]2C1N/C(=C\c2[nH]c(/C=C3\NC(=O)[C@H](C)[C@H]3C3C[SH+]3)c(C)c2CCC(=O)O)C(CCC(=O)O)=C1C. The fraction of sp³-hybridized carbons (Fsp3) is 0.455. The van der Waals surface area contributed by atoms with Crippen molar-refractivity contribution in [2.24, 2.45) is 11.8 Å². The third-order valence-electron chi connectivity index (χ3n) is 9.85. The second-order valence-electron chi connectivity index (χ2n) is 12.5. The van der Waals surface area contributed by atoms with Gasteiger partial charge in [-0.25, -0.2) is 0 Å². The molecule has 1 spiro atoms. The van der Waals surface area contributed by atoms with Crippen LogP contribution in [0.5, 0.6) is 0 Å². The molecule has 5 aliphatic heterocycles. The number of aromatic nitrogens is 1. The summed E-state index contributed by atoms with van der Waals surface area (Å²) in [5, 5.41) is 29.0. The van der Waals surface area contributed by atoms with Gasteiger partial charge in [-0.3, -0.25) is 19.2 Å². The fourth-order valence-electron chi connectivity index (χ4n) is 7.11. The summed E-state index contributed by atoms with van der Waals surface area (Å²) in [5.41, 5.74) is 6.91. The molecule has 12 heteroatoms. The molecule has 3 saturated heterocycles. The summed E-state index contributed by atoms with van der Waals surface area (Å²) in [6, 6.07) is -0.326. The van der Waals surface area contributed by atoms with Gasteiger partial charge in [-0.2, -0.15) is 0 Å². The van der Waals surface area contributed by atoms with E-state index in [0.29, 0.717) is 28.6 Å². The smallest absolute Gasteiger partial charge is 0.303 e. The molecule has 6 N–H and O–H groups in total. The number of aliphatic carboxylic acids is 2. The van der Waals surface area contributed by atoms with E-state index in [1.54, 1.807) is 0 Å². The molecule has 5 aliphatic rings. The average molecular weight is 636 g/mol. The van der Waals surface area contributed by atoms with Gasteiger partial charge in [-0.1, -0.05) is 19.6 Å². The summed E-state index contributed by atoms with van der Waals surface area (Å²) in [5.74, 6) is -0.967. The molecule has 6 rings (SSSR count). The quantitative estimate of drug-likeness (QED) is 0.122. The summed E-state index contributed by atoms with van der Waals surface area (Å²) in [4.78, 5) is 51.8.